The minimum Gasteiger partial charge on any atom is -0.481 e. The third kappa shape index (κ3) is 4.51. The van der Waals surface area contributed by atoms with Gasteiger partial charge in [-0.3, -0.25) is 4.79 Å². The van der Waals surface area contributed by atoms with Crippen molar-refractivity contribution in [3.63, 3.8) is 0 Å². The Hall–Kier alpha value is -2.15. The third-order valence-electron chi connectivity index (χ3n) is 2.72. The van der Waals surface area contributed by atoms with Gasteiger partial charge in [-0.2, -0.15) is 0 Å². The Bertz CT molecular complexity index is 531. The molecule has 8 heteroatoms. The van der Waals surface area contributed by atoms with Crippen molar-refractivity contribution < 1.29 is 24.5 Å². The maximum absolute atomic E-state index is 13.1. The van der Waals surface area contributed by atoms with Gasteiger partial charge in [-0.25, -0.2) is 4.39 Å². The SMILES string of the molecule is [N-]=[N+]=NCCC(O)C(O)c1ccc(F)cc1CC(=O)O. The molecule has 0 saturated carbocycles. The maximum atomic E-state index is 13.1. The third-order valence-corrected chi connectivity index (χ3v) is 2.72. The molecule has 20 heavy (non-hydrogen) atoms. The van der Waals surface area contributed by atoms with E-state index in [1.165, 1.54) is 6.07 Å². The molecule has 0 aromatic heterocycles. The largest absolute Gasteiger partial charge is 0.481 e. The van der Waals surface area contributed by atoms with Crippen molar-refractivity contribution in [2.75, 3.05) is 6.54 Å². The van der Waals surface area contributed by atoms with E-state index < -0.39 is 30.4 Å². The van der Waals surface area contributed by atoms with Gasteiger partial charge in [-0.15, -0.1) is 0 Å². The van der Waals surface area contributed by atoms with Crippen molar-refractivity contribution in [2.45, 2.75) is 25.0 Å². The van der Waals surface area contributed by atoms with Crippen molar-refractivity contribution in [1.82, 2.24) is 0 Å². The number of aliphatic carboxylic acids is 1. The molecule has 0 aliphatic heterocycles. The molecule has 0 aliphatic rings. The highest BCUT2D eigenvalue weighted by Crippen LogP contribution is 2.24. The second kappa shape index (κ2) is 7.44. The van der Waals surface area contributed by atoms with Gasteiger partial charge in [0.1, 0.15) is 11.9 Å². The minimum atomic E-state index is -1.38. The van der Waals surface area contributed by atoms with E-state index in [1.807, 2.05) is 0 Å². The first-order valence-electron chi connectivity index (χ1n) is 5.82. The summed E-state index contributed by atoms with van der Waals surface area (Å²) in [6, 6.07) is 3.31. The number of carbonyl (C=O) groups is 1. The summed E-state index contributed by atoms with van der Waals surface area (Å²) in [6.45, 7) is -0.00974. The van der Waals surface area contributed by atoms with Gasteiger partial charge in [0.2, 0.25) is 0 Å². The topological polar surface area (TPSA) is 127 Å². The molecule has 1 aromatic carbocycles. The van der Waals surface area contributed by atoms with E-state index in [0.29, 0.717) is 0 Å². The van der Waals surface area contributed by atoms with Crippen molar-refractivity contribution >= 4 is 5.97 Å². The predicted octanol–water partition coefficient (Wildman–Crippen LogP) is 1.55. The summed E-state index contributed by atoms with van der Waals surface area (Å²) in [5.41, 5.74) is 8.35. The number of benzene rings is 1. The summed E-state index contributed by atoms with van der Waals surface area (Å²) in [4.78, 5) is 13.2. The fraction of sp³-hybridized carbons (Fsp3) is 0.417. The van der Waals surface area contributed by atoms with E-state index in [9.17, 15) is 19.4 Å². The average Bonchev–Trinajstić information content (AvgIpc) is 2.37. The second-order valence-electron chi connectivity index (χ2n) is 4.17. The smallest absolute Gasteiger partial charge is 0.307 e. The Morgan fingerprint density at radius 3 is 2.75 bits per heavy atom. The van der Waals surface area contributed by atoms with Crippen LogP contribution in [0.3, 0.4) is 0 Å². The molecule has 3 N–H and O–H groups in total. The van der Waals surface area contributed by atoms with Crippen molar-refractivity contribution in [3.8, 4) is 0 Å². The first kappa shape index (κ1) is 15.9. The van der Waals surface area contributed by atoms with Gasteiger partial charge in [0.25, 0.3) is 0 Å². The highest BCUT2D eigenvalue weighted by molar-refractivity contribution is 5.70. The fourth-order valence-corrected chi connectivity index (χ4v) is 1.78. The molecule has 1 rings (SSSR count). The summed E-state index contributed by atoms with van der Waals surface area (Å²) >= 11 is 0. The normalized spacial score (nSPS) is 13.3. The van der Waals surface area contributed by atoms with Crippen LogP contribution in [-0.2, 0) is 11.2 Å². The van der Waals surface area contributed by atoms with E-state index in [1.54, 1.807) is 0 Å². The predicted molar refractivity (Wildman–Crippen MR) is 67.3 cm³/mol. The average molecular weight is 283 g/mol. The van der Waals surface area contributed by atoms with Crippen LogP contribution < -0.4 is 0 Å². The molecule has 0 bridgehead atoms. The summed E-state index contributed by atoms with van der Waals surface area (Å²) in [6.07, 6.45) is -3.07. The summed E-state index contributed by atoms with van der Waals surface area (Å²) in [7, 11) is 0. The molecule has 0 radical (unpaired) electrons. The molecule has 0 heterocycles. The number of halogens is 1. The molecule has 1 aromatic rings. The molecule has 0 fully saturated rings. The van der Waals surface area contributed by atoms with Crippen LogP contribution in [0, 0.1) is 5.82 Å². The minimum absolute atomic E-state index is 0.00904. The van der Waals surface area contributed by atoms with Crippen molar-refractivity contribution in [1.29, 1.82) is 0 Å². The standard InChI is InChI=1S/C12H14FN3O4/c13-8-1-2-9(7(5-8)6-11(18)19)12(20)10(17)3-4-15-16-14/h1-2,5,10,12,17,20H,3-4,6H2,(H,18,19). The van der Waals surface area contributed by atoms with Crippen LogP contribution in [0.5, 0.6) is 0 Å². The number of aliphatic hydroxyl groups excluding tert-OH is 2. The van der Waals surface area contributed by atoms with Gasteiger partial charge in [-0.1, -0.05) is 11.2 Å². The molecule has 2 unspecified atom stereocenters. The Kier molecular flexibility index (Phi) is 5.92. The van der Waals surface area contributed by atoms with E-state index >= 15 is 0 Å². The Balaban J connectivity index is 2.92. The van der Waals surface area contributed by atoms with E-state index in [4.69, 9.17) is 10.6 Å². The number of hydrogen-bond acceptors (Lipinski definition) is 4. The van der Waals surface area contributed by atoms with Gasteiger partial charge in [0, 0.05) is 11.5 Å². The van der Waals surface area contributed by atoms with Crippen LogP contribution in [0.15, 0.2) is 23.3 Å². The Labute approximate surface area is 113 Å². The van der Waals surface area contributed by atoms with Gasteiger partial charge in [0.05, 0.1) is 12.5 Å². The van der Waals surface area contributed by atoms with Crippen LogP contribution in [0.2, 0.25) is 0 Å². The first-order chi connectivity index (χ1) is 9.45. The summed E-state index contributed by atoms with van der Waals surface area (Å²) < 4.78 is 13.1. The summed E-state index contributed by atoms with van der Waals surface area (Å²) in [5.74, 6) is -1.80. The van der Waals surface area contributed by atoms with Gasteiger partial charge in [-0.05, 0) is 35.2 Å². The molecule has 0 aliphatic carbocycles. The lowest BCUT2D eigenvalue weighted by Gasteiger charge is -2.20. The van der Waals surface area contributed by atoms with Crippen LogP contribution in [0.1, 0.15) is 23.7 Å². The van der Waals surface area contributed by atoms with Gasteiger partial charge < -0.3 is 15.3 Å². The van der Waals surface area contributed by atoms with E-state index in [2.05, 4.69) is 10.0 Å². The number of rotatable bonds is 7. The molecule has 2 atom stereocenters. The van der Waals surface area contributed by atoms with Gasteiger partial charge >= 0.3 is 5.97 Å². The van der Waals surface area contributed by atoms with Crippen molar-refractivity contribution in [2.24, 2.45) is 5.11 Å². The van der Waals surface area contributed by atoms with E-state index in [-0.39, 0.29) is 24.1 Å². The zero-order valence-corrected chi connectivity index (χ0v) is 10.5. The molecular formula is C12H14FN3O4. The van der Waals surface area contributed by atoms with Crippen molar-refractivity contribution in [3.05, 3.63) is 45.6 Å². The van der Waals surface area contributed by atoms with Crippen LogP contribution in [0.25, 0.3) is 10.4 Å². The molecule has 0 saturated heterocycles. The highest BCUT2D eigenvalue weighted by Gasteiger charge is 2.22. The molecule has 7 nitrogen and oxygen atoms in total. The van der Waals surface area contributed by atoms with E-state index in [0.717, 1.165) is 12.1 Å². The second-order valence-corrected chi connectivity index (χ2v) is 4.17. The number of aliphatic hydroxyl groups is 2. The zero-order valence-electron chi connectivity index (χ0n) is 10.5. The van der Waals surface area contributed by atoms with Gasteiger partial charge in [0.15, 0.2) is 0 Å². The lowest BCUT2D eigenvalue weighted by atomic mass is 9.95. The Morgan fingerprint density at radius 2 is 2.15 bits per heavy atom. The zero-order chi connectivity index (χ0) is 15.1. The molecule has 0 spiro atoms. The maximum Gasteiger partial charge on any atom is 0.307 e. The van der Waals surface area contributed by atoms with Crippen LogP contribution >= 0.6 is 0 Å². The molecular weight excluding hydrogens is 269 g/mol. The number of carboxylic acids is 1. The number of hydrogen-bond donors (Lipinski definition) is 3. The Morgan fingerprint density at radius 1 is 1.45 bits per heavy atom. The number of nitrogens with zero attached hydrogens (tertiary/aromatic N) is 3. The first-order valence-corrected chi connectivity index (χ1v) is 5.82. The molecule has 108 valence electrons. The fourth-order valence-electron chi connectivity index (χ4n) is 1.78. The van der Waals surface area contributed by atoms with Crippen LogP contribution in [0.4, 0.5) is 4.39 Å². The quantitative estimate of drug-likeness (QED) is 0.398. The number of azide groups is 1. The lowest BCUT2D eigenvalue weighted by Crippen LogP contribution is -2.21. The lowest BCUT2D eigenvalue weighted by molar-refractivity contribution is -0.136. The highest BCUT2D eigenvalue weighted by atomic mass is 19.1. The number of carboxylic acid groups (broad SMARTS) is 1. The summed E-state index contributed by atoms with van der Waals surface area (Å²) in [5, 5.41) is 31.7. The molecule has 0 amide bonds. The van der Waals surface area contributed by atoms with Crippen LogP contribution in [-0.4, -0.2) is 33.9 Å². The monoisotopic (exact) mass is 283 g/mol.